The number of amides is 3. The lowest BCUT2D eigenvalue weighted by atomic mass is 9.96. The van der Waals surface area contributed by atoms with Gasteiger partial charge in [-0.3, -0.25) is 14.4 Å². The van der Waals surface area contributed by atoms with Crippen molar-refractivity contribution in [3.8, 4) is 17.1 Å². The van der Waals surface area contributed by atoms with Gasteiger partial charge in [-0.1, -0.05) is 17.7 Å². The van der Waals surface area contributed by atoms with Crippen molar-refractivity contribution in [1.82, 2.24) is 39.8 Å². The summed E-state index contributed by atoms with van der Waals surface area (Å²) in [6.45, 7) is 2.97. The van der Waals surface area contributed by atoms with Crippen LogP contribution < -0.4 is 10.6 Å². The first-order valence-corrected chi connectivity index (χ1v) is 15.6. The zero-order valence-electron chi connectivity index (χ0n) is 25.4. The molecule has 0 saturated carbocycles. The molecule has 2 aliphatic heterocycles. The number of imidazole rings is 1. The van der Waals surface area contributed by atoms with Crippen LogP contribution in [0.3, 0.4) is 0 Å². The molecule has 0 bridgehead atoms. The number of piperidine rings is 1. The first-order valence-electron chi connectivity index (χ1n) is 15.2. The van der Waals surface area contributed by atoms with Crippen LogP contribution in [-0.2, 0) is 17.6 Å². The Balaban J connectivity index is 1.11. The summed E-state index contributed by atoms with van der Waals surface area (Å²) in [6.07, 6.45) is 0.305. The standard InChI is InChI=1S/C31H31ClF3N9O4/c32-23-13-20(2-3-21(23)30(48)43-11-9-42(10-12-43)29(47)19-5-7-36-8-6-19)39-28(46)27-38-15-24(40-27)22-16-44(41-26(22)31(33,34)35)25-4-1-18(17-45)14-37-25/h1-4,13-16,19,36,45H,5-12,17H2,(H,38,40)(H,39,46). The number of carbonyl (C=O) groups excluding carboxylic acids is 3. The summed E-state index contributed by atoms with van der Waals surface area (Å²) in [7, 11) is 0. The molecule has 5 heterocycles. The van der Waals surface area contributed by atoms with Crippen LogP contribution in [0.25, 0.3) is 17.1 Å². The molecule has 0 atom stereocenters. The van der Waals surface area contributed by atoms with Gasteiger partial charge in [-0.05, 0) is 55.8 Å². The van der Waals surface area contributed by atoms with Gasteiger partial charge in [0, 0.05) is 50.2 Å². The van der Waals surface area contributed by atoms with E-state index in [1.54, 1.807) is 4.90 Å². The Morgan fingerprint density at radius 3 is 2.38 bits per heavy atom. The first kappa shape index (κ1) is 33.1. The Labute approximate surface area is 277 Å². The van der Waals surface area contributed by atoms with Gasteiger partial charge in [-0.15, -0.1) is 0 Å². The van der Waals surface area contributed by atoms with Gasteiger partial charge in [-0.25, -0.2) is 14.6 Å². The predicted octanol–water partition coefficient (Wildman–Crippen LogP) is 3.36. The molecule has 2 aliphatic rings. The second kappa shape index (κ2) is 13.7. The van der Waals surface area contributed by atoms with Gasteiger partial charge < -0.3 is 30.5 Å². The number of H-pyrrole nitrogens is 1. The highest BCUT2D eigenvalue weighted by Crippen LogP contribution is 2.36. The lowest BCUT2D eigenvalue weighted by molar-refractivity contribution is -0.141. The molecule has 4 aromatic rings. The molecule has 48 heavy (non-hydrogen) atoms. The van der Waals surface area contributed by atoms with Gasteiger partial charge >= 0.3 is 6.18 Å². The molecule has 13 nitrogen and oxygen atoms in total. The summed E-state index contributed by atoms with van der Waals surface area (Å²) >= 11 is 6.44. The minimum Gasteiger partial charge on any atom is -0.392 e. The lowest BCUT2D eigenvalue weighted by Gasteiger charge is -2.37. The van der Waals surface area contributed by atoms with Crippen LogP contribution in [0.2, 0.25) is 5.02 Å². The second-order valence-electron chi connectivity index (χ2n) is 11.5. The van der Waals surface area contributed by atoms with Crippen molar-refractivity contribution in [3.05, 3.63) is 76.6 Å². The summed E-state index contributed by atoms with van der Waals surface area (Å²) in [5.74, 6) is -1.11. The number of nitrogens with zero attached hydrogens (tertiary/aromatic N) is 6. The quantitative estimate of drug-likeness (QED) is 0.230. The number of piperazine rings is 1. The van der Waals surface area contributed by atoms with Gasteiger partial charge in [0.15, 0.2) is 17.3 Å². The Morgan fingerprint density at radius 1 is 1.00 bits per heavy atom. The second-order valence-corrected chi connectivity index (χ2v) is 11.9. The minimum absolute atomic E-state index is 0.00864. The zero-order valence-corrected chi connectivity index (χ0v) is 26.2. The summed E-state index contributed by atoms with van der Waals surface area (Å²) in [6, 6.07) is 7.28. The first-order chi connectivity index (χ1) is 23.0. The summed E-state index contributed by atoms with van der Waals surface area (Å²) in [5.41, 5.74) is -0.743. The fourth-order valence-electron chi connectivity index (χ4n) is 5.70. The number of aromatic amines is 1. The van der Waals surface area contributed by atoms with Gasteiger partial charge in [0.25, 0.3) is 11.8 Å². The van der Waals surface area contributed by atoms with E-state index >= 15 is 0 Å². The van der Waals surface area contributed by atoms with E-state index in [0.717, 1.165) is 43.0 Å². The molecule has 0 spiro atoms. The predicted molar refractivity (Wildman–Crippen MR) is 167 cm³/mol. The third-order valence-corrected chi connectivity index (χ3v) is 8.63. The number of alkyl halides is 3. The number of rotatable bonds is 7. The smallest absolute Gasteiger partial charge is 0.392 e. The molecule has 6 rings (SSSR count). The minimum atomic E-state index is -4.83. The van der Waals surface area contributed by atoms with Crippen LogP contribution >= 0.6 is 11.6 Å². The maximum absolute atomic E-state index is 13.9. The largest absolute Gasteiger partial charge is 0.435 e. The molecule has 2 saturated heterocycles. The van der Waals surface area contributed by atoms with Crippen LogP contribution in [0.1, 0.15) is 45.1 Å². The number of aliphatic hydroxyl groups is 1. The fourth-order valence-corrected chi connectivity index (χ4v) is 5.96. The Bertz CT molecular complexity index is 1810. The number of hydrogen-bond donors (Lipinski definition) is 4. The SMILES string of the molecule is O=C(Nc1ccc(C(=O)N2CCN(C(=O)C3CCNCC3)CC2)c(Cl)c1)c1ncc(-c2cn(-c3ccc(CO)cn3)nc2C(F)(F)F)[nH]1. The van der Waals surface area contributed by atoms with Crippen molar-refractivity contribution >= 4 is 35.0 Å². The monoisotopic (exact) mass is 685 g/mol. The van der Waals surface area contributed by atoms with E-state index in [-0.39, 0.29) is 63.5 Å². The van der Waals surface area contributed by atoms with Gasteiger partial charge in [0.2, 0.25) is 5.91 Å². The Hall–Kier alpha value is -4.80. The summed E-state index contributed by atoms with van der Waals surface area (Å²) in [4.78, 5) is 53.1. The van der Waals surface area contributed by atoms with Crippen LogP contribution in [0.15, 0.2) is 48.9 Å². The molecular formula is C31H31ClF3N9O4. The van der Waals surface area contributed by atoms with Gasteiger partial charge in [-0.2, -0.15) is 18.3 Å². The van der Waals surface area contributed by atoms with E-state index in [9.17, 15) is 32.7 Å². The highest BCUT2D eigenvalue weighted by atomic mass is 35.5. The maximum Gasteiger partial charge on any atom is 0.435 e. The molecule has 0 aliphatic carbocycles. The summed E-state index contributed by atoms with van der Waals surface area (Å²) in [5, 5.41) is 18.8. The Kier molecular flexibility index (Phi) is 9.48. The van der Waals surface area contributed by atoms with Crippen molar-refractivity contribution < 1.29 is 32.7 Å². The third-order valence-electron chi connectivity index (χ3n) is 8.31. The van der Waals surface area contributed by atoms with Crippen molar-refractivity contribution in [1.29, 1.82) is 0 Å². The molecule has 2 fully saturated rings. The van der Waals surface area contributed by atoms with Crippen LogP contribution in [0.4, 0.5) is 18.9 Å². The average Bonchev–Trinajstić information content (AvgIpc) is 3.77. The highest BCUT2D eigenvalue weighted by molar-refractivity contribution is 6.34. The van der Waals surface area contributed by atoms with E-state index in [1.165, 1.54) is 36.5 Å². The van der Waals surface area contributed by atoms with Crippen molar-refractivity contribution in [2.24, 2.45) is 5.92 Å². The number of pyridine rings is 1. The molecule has 1 aromatic carbocycles. The number of aromatic nitrogens is 5. The zero-order chi connectivity index (χ0) is 34.0. The lowest BCUT2D eigenvalue weighted by Crippen LogP contribution is -2.52. The number of halogens is 4. The number of nitrogens with one attached hydrogen (secondary N) is 3. The molecule has 252 valence electrons. The topological polar surface area (TPSA) is 161 Å². The average molecular weight is 686 g/mol. The van der Waals surface area contributed by atoms with Crippen molar-refractivity contribution in [2.45, 2.75) is 25.6 Å². The van der Waals surface area contributed by atoms with E-state index in [4.69, 9.17) is 11.6 Å². The van der Waals surface area contributed by atoms with E-state index in [1.807, 2.05) is 4.90 Å². The van der Waals surface area contributed by atoms with Crippen LogP contribution in [-0.4, -0.2) is 96.6 Å². The van der Waals surface area contributed by atoms with E-state index in [0.29, 0.717) is 31.7 Å². The molecule has 3 aromatic heterocycles. The Morgan fingerprint density at radius 2 is 1.73 bits per heavy atom. The number of carbonyl (C=O) groups is 3. The summed E-state index contributed by atoms with van der Waals surface area (Å²) < 4.78 is 42.6. The molecular weight excluding hydrogens is 655 g/mol. The van der Waals surface area contributed by atoms with Crippen LogP contribution in [0.5, 0.6) is 0 Å². The van der Waals surface area contributed by atoms with Crippen molar-refractivity contribution in [3.63, 3.8) is 0 Å². The van der Waals surface area contributed by atoms with Crippen molar-refractivity contribution in [2.75, 3.05) is 44.6 Å². The molecule has 0 radical (unpaired) electrons. The molecule has 17 heteroatoms. The fraction of sp³-hybridized carbons (Fsp3) is 0.355. The van der Waals surface area contributed by atoms with Gasteiger partial charge in [0.1, 0.15) is 0 Å². The van der Waals surface area contributed by atoms with Crippen LogP contribution in [0, 0.1) is 5.92 Å². The molecule has 3 amide bonds. The molecule has 0 unspecified atom stereocenters. The van der Waals surface area contributed by atoms with Gasteiger partial charge in [0.05, 0.1) is 34.6 Å². The molecule has 4 N–H and O–H groups in total. The van der Waals surface area contributed by atoms with E-state index in [2.05, 4.69) is 30.7 Å². The highest BCUT2D eigenvalue weighted by Gasteiger charge is 2.38. The number of anilines is 1. The number of aliphatic hydroxyl groups excluding tert-OH is 1. The third kappa shape index (κ3) is 7.05. The number of hydrogen-bond acceptors (Lipinski definition) is 8. The number of benzene rings is 1. The normalized spacial score (nSPS) is 15.9. The maximum atomic E-state index is 13.9. The van der Waals surface area contributed by atoms with E-state index < -0.39 is 17.8 Å².